The van der Waals surface area contributed by atoms with E-state index in [1.807, 2.05) is 75.7 Å². The lowest BCUT2D eigenvalue weighted by atomic mass is 10.1. The summed E-state index contributed by atoms with van der Waals surface area (Å²) in [6.07, 6.45) is 1.35. The maximum Gasteiger partial charge on any atom is 0.351 e. The van der Waals surface area contributed by atoms with Crippen molar-refractivity contribution in [2.24, 2.45) is 0 Å². The summed E-state index contributed by atoms with van der Waals surface area (Å²) >= 11 is 4.78. The van der Waals surface area contributed by atoms with Crippen molar-refractivity contribution < 1.29 is 49.1 Å². The monoisotopic (exact) mass is 743 g/mol. The topological polar surface area (TPSA) is 111 Å². The Balaban J connectivity index is 0.00000552. The molecular formula is C31H39BrClN3O7S2. The summed E-state index contributed by atoms with van der Waals surface area (Å²) < 4.78 is 44.7. The summed E-state index contributed by atoms with van der Waals surface area (Å²) in [5, 5.41) is 3.54. The number of rotatable bonds is 13. The van der Waals surface area contributed by atoms with Gasteiger partial charge in [-0.2, -0.15) is 0 Å². The molecule has 0 saturated carbocycles. The first-order valence-electron chi connectivity index (χ1n) is 14.2. The summed E-state index contributed by atoms with van der Waals surface area (Å²) in [5.41, 5.74) is 2.49. The molecule has 0 spiro atoms. The van der Waals surface area contributed by atoms with Gasteiger partial charge in [-0.1, -0.05) is 42.5 Å². The number of nitrogens with one attached hydrogen (secondary N) is 1. The van der Waals surface area contributed by atoms with E-state index in [0.717, 1.165) is 21.7 Å². The van der Waals surface area contributed by atoms with E-state index in [9.17, 15) is 18.0 Å². The van der Waals surface area contributed by atoms with E-state index >= 15 is 0 Å². The number of benzene rings is 2. The lowest BCUT2D eigenvalue weighted by Crippen LogP contribution is -3.00. The first-order valence-corrected chi connectivity index (χ1v) is 17.5. The van der Waals surface area contributed by atoms with Crippen molar-refractivity contribution in [3.63, 3.8) is 0 Å². The molecule has 1 fully saturated rings. The molecule has 1 aromatic heterocycles. The number of ether oxygens (including phenoxy) is 3. The Hall–Kier alpha value is -2.68. The highest BCUT2D eigenvalue weighted by atomic mass is 79.9. The van der Waals surface area contributed by atoms with Gasteiger partial charge in [0.15, 0.2) is 17.2 Å². The third kappa shape index (κ3) is 10.4. The van der Waals surface area contributed by atoms with Gasteiger partial charge in [0.05, 0.1) is 43.4 Å². The summed E-state index contributed by atoms with van der Waals surface area (Å²) in [7, 11) is 3.92. The molecule has 1 aliphatic heterocycles. The Morgan fingerprint density at radius 2 is 1.76 bits per heavy atom. The van der Waals surface area contributed by atoms with E-state index < -0.39 is 22.0 Å². The zero-order chi connectivity index (χ0) is 31.9. The van der Waals surface area contributed by atoms with E-state index in [-0.39, 0.29) is 48.0 Å². The number of carbonyl (C=O) groups is 2. The van der Waals surface area contributed by atoms with E-state index in [1.54, 1.807) is 4.31 Å². The first-order chi connectivity index (χ1) is 20.9. The highest BCUT2D eigenvalue weighted by molar-refractivity contribution is 9.10. The second-order valence-electron chi connectivity index (χ2n) is 11.6. The molecule has 0 unspecified atom stereocenters. The van der Waals surface area contributed by atoms with Crippen LogP contribution in [-0.4, -0.2) is 96.3 Å². The number of nitrogens with zero attached hydrogens (tertiary/aromatic N) is 2. The summed E-state index contributed by atoms with van der Waals surface area (Å²) in [5.74, 6) is -0.874. The normalized spacial score (nSPS) is 14.3. The van der Waals surface area contributed by atoms with Crippen LogP contribution < -0.4 is 22.5 Å². The van der Waals surface area contributed by atoms with Crippen LogP contribution in [-0.2, 0) is 30.0 Å². The zero-order valence-corrected chi connectivity index (χ0v) is 29.7. The second kappa shape index (κ2) is 16.2. The van der Waals surface area contributed by atoms with Crippen LogP contribution in [0.4, 0.5) is 5.69 Å². The highest BCUT2D eigenvalue weighted by Crippen LogP contribution is 2.46. The van der Waals surface area contributed by atoms with Crippen LogP contribution in [0, 0.1) is 0 Å². The van der Waals surface area contributed by atoms with E-state index in [2.05, 4.69) is 21.2 Å². The maximum absolute atomic E-state index is 13.0. The van der Waals surface area contributed by atoms with Gasteiger partial charge in [0.2, 0.25) is 10.0 Å². The standard InChI is InChI=1S/C31H39BrN3O7S2.ClH/c1-35(2,3)17-18-41-26(36)20-42-28-27(32)29(43-30(28)31(37)40-4)23-11-8-12-25(19-23)33-24-13-15-34(16-14-24)44(38,39)21-22-9-6-5-7-10-22;/h5-12,19,24,33H,13-18,20-21H2,1-4H3;1H/q+1;/p-1. The SMILES string of the molecule is COC(=O)c1sc(-c2cccc(NC3CCN(S(=O)(=O)Cc4ccccc4)CC3)c2)c(Br)c1OCC(=O)OCC[N+](C)(C)C.[Cl-]. The number of hydrogen-bond acceptors (Lipinski definition) is 9. The molecule has 2 heterocycles. The van der Waals surface area contributed by atoms with Crippen molar-refractivity contribution in [1.82, 2.24) is 4.31 Å². The molecule has 0 amide bonds. The Bertz CT molecular complexity index is 1550. The molecule has 1 saturated heterocycles. The van der Waals surface area contributed by atoms with Crippen molar-refractivity contribution in [2.75, 3.05) is 66.4 Å². The number of sulfonamides is 1. The number of thiophene rings is 1. The number of carbonyl (C=O) groups excluding carboxylic acids is 2. The minimum atomic E-state index is -3.39. The Kier molecular flexibility index (Phi) is 13.3. The fourth-order valence-corrected chi connectivity index (χ4v) is 8.21. The first kappa shape index (κ1) is 36.8. The molecule has 4 rings (SSSR count). The Labute approximate surface area is 283 Å². The van der Waals surface area contributed by atoms with Crippen molar-refractivity contribution in [3.05, 3.63) is 69.5 Å². The number of methoxy groups -OCH3 is 1. The van der Waals surface area contributed by atoms with Crippen LogP contribution in [0.25, 0.3) is 10.4 Å². The smallest absolute Gasteiger partial charge is 0.351 e. The van der Waals surface area contributed by atoms with Gasteiger partial charge < -0.3 is 36.4 Å². The van der Waals surface area contributed by atoms with Crippen LogP contribution in [0.15, 0.2) is 59.1 Å². The average molecular weight is 745 g/mol. The fraction of sp³-hybridized carbons (Fsp3) is 0.419. The van der Waals surface area contributed by atoms with Gasteiger partial charge in [0, 0.05) is 24.8 Å². The molecule has 1 aliphatic rings. The van der Waals surface area contributed by atoms with Gasteiger partial charge in [-0.15, -0.1) is 11.3 Å². The number of halogens is 2. The molecule has 0 radical (unpaired) electrons. The van der Waals surface area contributed by atoms with E-state index in [0.29, 0.717) is 41.4 Å². The summed E-state index contributed by atoms with van der Waals surface area (Å²) in [4.78, 5) is 25.9. The summed E-state index contributed by atoms with van der Waals surface area (Å²) in [6, 6.07) is 17.1. The van der Waals surface area contributed by atoms with E-state index in [4.69, 9.17) is 14.2 Å². The van der Waals surface area contributed by atoms with Crippen LogP contribution in [0.2, 0.25) is 0 Å². The van der Waals surface area contributed by atoms with Crippen LogP contribution in [0.3, 0.4) is 0 Å². The minimum absolute atomic E-state index is 0. The van der Waals surface area contributed by atoms with Crippen molar-refractivity contribution in [1.29, 1.82) is 0 Å². The van der Waals surface area contributed by atoms with Gasteiger partial charge in [0.1, 0.15) is 13.2 Å². The molecule has 246 valence electrons. The predicted molar refractivity (Wildman–Crippen MR) is 175 cm³/mol. The Morgan fingerprint density at radius 1 is 1.07 bits per heavy atom. The minimum Gasteiger partial charge on any atom is -1.00 e. The highest BCUT2D eigenvalue weighted by Gasteiger charge is 2.29. The molecule has 0 aliphatic carbocycles. The number of esters is 2. The number of hydrogen-bond donors (Lipinski definition) is 1. The number of quaternary nitrogens is 1. The molecular weight excluding hydrogens is 706 g/mol. The van der Waals surface area contributed by atoms with Crippen molar-refractivity contribution in [2.45, 2.75) is 24.6 Å². The summed E-state index contributed by atoms with van der Waals surface area (Å²) in [6.45, 7) is 1.46. The number of likely N-dealkylation sites (N-methyl/N-ethyl adjacent to an activating group) is 1. The van der Waals surface area contributed by atoms with Gasteiger partial charge in [-0.3, -0.25) is 0 Å². The van der Waals surface area contributed by atoms with Crippen molar-refractivity contribution in [3.8, 4) is 16.2 Å². The third-order valence-corrected chi connectivity index (χ3v) is 11.1. The molecule has 14 heteroatoms. The Morgan fingerprint density at radius 3 is 2.40 bits per heavy atom. The van der Waals surface area contributed by atoms with Gasteiger partial charge in [-0.25, -0.2) is 22.3 Å². The van der Waals surface area contributed by atoms with Crippen LogP contribution in [0.5, 0.6) is 5.75 Å². The lowest BCUT2D eigenvalue weighted by Gasteiger charge is -2.32. The maximum atomic E-state index is 13.0. The quantitative estimate of drug-likeness (QED) is 0.209. The lowest BCUT2D eigenvalue weighted by molar-refractivity contribution is -0.870. The fourth-order valence-electron chi connectivity index (χ4n) is 4.68. The van der Waals surface area contributed by atoms with Gasteiger partial charge in [-0.05, 0) is 52.0 Å². The molecule has 3 aromatic rings. The zero-order valence-electron chi connectivity index (χ0n) is 25.8. The van der Waals surface area contributed by atoms with Gasteiger partial charge >= 0.3 is 11.9 Å². The van der Waals surface area contributed by atoms with Crippen molar-refractivity contribution >= 4 is 54.9 Å². The number of anilines is 1. The van der Waals surface area contributed by atoms with E-state index in [1.165, 1.54) is 18.4 Å². The predicted octanol–water partition coefficient (Wildman–Crippen LogP) is 2.00. The molecule has 10 nitrogen and oxygen atoms in total. The molecule has 2 aromatic carbocycles. The van der Waals surface area contributed by atoms with Gasteiger partial charge in [0.25, 0.3) is 0 Å². The number of piperidine rings is 1. The molecule has 45 heavy (non-hydrogen) atoms. The largest absolute Gasteiger partial charge is 1.00 e. The third-order valence-electron chi connectivity index (χ3n) is 7.07. The van der Waals surface area contributed by atoms with Crippen LogP contribution >= 0.6 is 27.3 Å². The molecule has 0 atom stereocenters. The molecule has 1 N–H and O–H groups in total. The average Bonchev–Trinajstić information content (AvgIpc) is 3.31. The second-order valence-corrected chi connectivity index (χ2v) is 15.3. The molecule has 0 bridgehead atoms. The van der Waals surface area contributed by atoms with Crippen LogP contribution in [0.1, 0.15) is 28.1 Å².